The lowest BCUT2D eigenvalue weighted by Crippen LogP contribution is -2.45. The Balaban J connectivity index is 0.00000288. The maximum absolute atomic E-state index is 12.9. The van der Waals surface area contributed by atoms with Crippen LogP contribution >= 0.6 is 24.0 Å². The number of likely N-dealkylation sites (tertiary alicyclic amines) is 1. The molecule has 0 spiro atoms. The average Bonchev–Trinajstić information content (AvgIpc) is 3.00. The van der Waals surface area contributed by atoms with E-state index in [1.165, 1.54) is 12.1 Å². The summed E-state index contributed by atoms with van der Waals surface area (Å²) in [6.45, 7) is 5.90. The molecule has 7 heteroatoms. The highest BCUT2D eigenvalue weighted by molar-refractivity contribution is 14.0. The van der Waals surface area contributed by atoms with Crippen LogP contribution in [0.15, 0.2) is 29.3 Å². The van der Waals surface area contributed by atoms with Crippen LogP contribution in [0.25, 0.3) is 0 Å². The zero-order valence-corrected chi connectivity index (χ0v) is 16.7. The van der Waals surface area contributed by atoms with Crippen molar-refractivity contribution in [3.05, 3.63) is 35.6 Å². The summed E-state index contributed by atoms with van der Waals surface area (Å²) in [5, 5.41) is 6.55. The minimum Gasteiger partial charge on any atom is -0.352 e. The van der Waals surface area contributed by atoms with Gasteiger partial charge in [-0.15, -0.1) is 24.0 Å². The van der Waals surface area contributed by atoms with Crippen LogP contribution in [0.2, 0.25) is 0 Å². The molecular weight excluding hydrogens is 422 g/mol. The Labute approximate surface area is 160 Å². The molecule has 2 N–H and O–H groups in total. The molecule has 0 radical (unpaired) electrons. The lowest BCUT2D eigenvalue weighted by Gasteiger charge is -2.20. The molecule has 1 heterocycles. The fourth-order valence-corrected chi connectivity index (χ4v) is 2.62. The van der Waals surface area contributed by atoms with E-state index in [1.54, 1.807) is 19.2 Å². The first-order valence-electron chi connectivity index (χ1n) is 8.00. The summed E-state index contributed by atoms with van der Waals surface area (Å²) in [6, 6.07) is 6.58. The number of carbonyl (C=O) groups is 1. The van der Waals surface area contributed by atoms with Gasteiger partial charge in [0.05, 0.1) is 0 Å². The smallest absolute Gasteiger partial charge is 0.225 e. The number of hydrogen-bond acceptors (Lipinski definition) is 2. The van der Waals surface area contributed by atoms with Gasteiger partial charge in [0.1, 0.15) is 5.82 Å². The van der Waals surface area contributed by atoms with Crippen LogP contribution in [0.3, 0.4) is 0 Å². The second-order valence-corrected chi connectivity index (χ2v) is 6.12. The van der Waals surface area contributed by atoms with E-state index < -0.39 is 0 Å². The van der Waals surface area contributed by atoms with E-state index in [0.717, 1.165) is 18.5 Å². The molecule has 2 rings (SSSR count). The highest BCUT2D eigenvalue weighted by Crippen LogP contribution is 2.12. The van der Waals surface area contributed by atoms with Gasteiger partial charge in [0, 0.05) is 38.6 Å². The molecule has 0 aliphatic carbocycles. The van der Waals surface area contributed by atoms with Crippen molar-refractivity contribution in [2.45, 2.75) is 32.9 Å². The Morgan fingerprint density at radius 2 is 2.04 bits per heavy atom. The number of nitrogens with zero attached hydrogens (tertiary/aromatic N) is 2. The number of carbonyl (C=O) groups excluding carboxylic acids is 1. The van der Waals surface area contributed by atoms with E-state index in [1.807, 2.05) is 18.7 Å². The van der Waals surface area contributed by atoms with E-state index in [9.17, 15) is 9.18 Å². The maximum atomic E-state index is 12.9. The van der Waals surface area contributed by atoms with E-state index in [-0.39, 0.29) is 47.7 Å². The SMILES string of the molecule is CN=C(NCc1ccc(F)cc1)NC1CCN(C(=O)C(C)C)C1.I. The van der Waals surface area contributed by atoms with Crippen molar-refractivity contribution in [1.82, 2.24) is 15.5 Å². The van der Waals surface area contributed by atoms with Crippen LogP contribution in [-0.4, -0.2) is 42.9 Å². The molecule has 1 aromatic carbocycles. The van der Waals surface area contributed by atoms with Crippen molar-refractivity contribution in [3.63, 3.8) is 0 Å². The highest BCUT2D eigenvalue weighted by Gasteiger charge is 2.27. The van der Waals surface area contributed by atoms with Crippen molar-refractivity contribution in [3.8, 4) is 0 Å². The molecule has 1 saturated heterocycles. The van der Waals surface area contributed by atoms with Crippen LogP contribution in [0.1, 0.15) is 25.8 Å². The molecule has 1 amide bonds. The molecule has 1 atom stereocenters. The molecule has 24 heavy (non-hydrogen) atoms. The van der Waals surface area contributed by atoms with Gasteiger partial charge in [0.15, 0.2) is 5.96 Å². The van der Waals surface area contributed by atoms with Gasteiger partial charge in [-0.25, -0.2) is 4.39 Å². The Kier molecular flexibility index (Phi) is 8.44. The predicted octanol–water partition coefficient (Wildman–Crippen LogP) is 2.37. The molecule has 1 aliphatic rings. The molecule has 5 nitrogen and oxygen atoms in total. The van der Waals surface area contributed by atoms with Crippen molar-refractivity contribution in [2.24, 2.45) is 10.9 Å². The minimum atomic E-state index is -0.239. The summed E-state index contributed by atoms with van der Waals surface area (Å²) in [7, 11) is 1.71. The van der Waals surface area contributed by atoms with Crippen LogP contribution in [0, 0.1) is 11.7 Å². The van der Waals surface area contributed by atoms with Gasteiger partial charge >= 0.3 is 0 Å². The number of halogens is 2. The van der Waals surface area contributed by atoms with Gasteiger partial charge in [-0.2, -0.15) is 0 Å². The predicted molar refractivity (Wildman–Crippen MR) is 105 cm³/mol. The first kappa shape index (κ1) is 20.7. The number of hydrogen-bond donors (Lipinski definition) is 2. The van der Waals surface area contributed by atoms with E-state index in [0.29, 0.717) is 19.0 Å². The van der Waals surface area contributed by atoms with Crippen LogP contribution in [-0.2, 0) is 11.3 Å². The lowest BCUT2D eigenvalue weighted by atomic mass is 10.2. The fraction of sp³-hybridized carbons (Fsp3) is 0.529. The second kappa shape index (κ2) is 9.80. The third kappa shape index (κ3) is 5.92. The average molecular weight is 448 g/mol. The molecule has 1 aromatic rings. The Bertz CT molecular complexity index is 562. The topological polar surface area (TPSA) is 56.7 Å². The van der Waals surface area contributed by atoms with Crippen LogP contribution in [0.5, 0.6) is 0 Å². The highest BCUT2D eigenvalue weighted by atomic mass is 127. The summed E-state index contributed by atoms with van der Waals surface area (Å²) in [6.07, 6.45) is 0.912. The Hall–Kier alpha value is -1.38. The summed E-state index contributed by atoms with van der Waals surface area (Å²) in [4.78, 5) is 18.1. The number of aliphatic imine (C=N–C) groups is 1. The summed E-state index contributed by atoms with van der Waals surface area (Å²) >= 11 is 0. The van der Waals surface area contributed by atoms with Gasteiger partial charge in [-0.1, -0.05) is 26.0 Å². The van der Waals surface area contributed by atoms with Gasteiger partial charge in [-0.3, -0.25) is 9.79 Å². The van der Waals surface area contributed by atoms with E-state index >= 15 is 0 Å². The molecule has 1 unspecified atom stereocenters. The largest absolute Gasteiger partial charge is 0.352 e. The van der Waals surface area contributed by atoms with Crippen LogP contribution in [0.4, 0.5) is 4.39 Å². The standard InChI is InChI=1S/C17H25FN4O.HI/c1-12(2)16(23)22-9-8-15(11-22)21-17(19-3)20-10-13-4-6-14(18)7-5-13;/h4-7,12,15H,8-11H2,1-3H3,(H2,19,20,21);1H. The lowest BCUT2D eigenvalue weighted by molar-refractivity contribution is -0.133. The molecule has 0 saturated carbocycles. The summed E-state index contributed by atoms with van der Waals surface area (Å²) in [5.74, 6) is 0.684. The normalized spacial score (nSPS) is 17.6. The summed E-state index contributed by atoms with van der Waals surface area (Å²) < 4.78 is 12.9. The molecule has 1 aliphatic heterocycles. The first-order valence-corrected chi connectivity index (χ1v) is 8.00. The van der Waals surface area contributed by atoms with Crippen molar-refractivity contribution < 1.29 is 9.18 Å². The molecule has 0 bridgehead atoms. The van der Waals surface area contributed by atoms with Crippen molar-refractivity contribution in [1.29, 1.82) is 0 Å². The molecular formula is C17H26FIN4O. The first-order chi connectivity index (χ1) is 11.0. The quantitative estimate of drug-likeness (QED) is 0.423. The number of nitrogens with one attached hydrogen (secondary N) is 2. The van der Waals surface area contributed by atoms with E-state index in [2.05, 4.69) is 15.6 Å². The number of rotatable bonds is 4. The van der Waals surface area contributed by atoms with Gasteiger partial charge < -0.3 is 15.5 Å². The minimum absolute atomic E-state index is 0. The fourth-order valence-electron chi connectivity index (χ4n) is 2.62. The van der Waals surface area contributed by atoms with Crippen molar-refractivity contribution >= 4 is 35.8 Å². The van der Waals surface area contributed by atoms with Crippen molar-refractivity contribution in [2.75, 3.05) is 20.1 Å². The van der Waals surface area contributed by atoms with Crippen LogP contribution < -0.4 is 10.6 Å². The summed E-state index contributed by atoms with van der Waals surface area (Å²) in [5.41, 5.74) is 0.984. The monoisotopic (exact) mass is 448 g/mol. The number of guanidine groups is 1. The molecule has 134 valence electrons. The number of amides is 1. The van der Waals surface area contributed by atoms with Gasteiger partial charge in [0.25, 0.3) is 0 Å². The zero-order valence-electron chi connectivity index (χ0n) is 14.4. The second-order valence-electron chi connectivity index (χ2n) is 6.12. The third-order valence-corrected chi connectivity index (χ3v) is 3.93. The number of benzene rings is 1. The van der Waals surface area contributed by atoms with E-state index in [4.69, 9.17) is 0 Å². The Morgan fingerprint density at radius 1 is 1.38 bits per heavy atom. The van der Waals surface area contributed by atoms with Gasteiger partial charge in [0.2, 0.25) is 5.91 Å². The molecule has 1 fully saturated rings. The third-order valence-electron chi connectivity index (χ3n) is 3.93. The molecule has 0 aromatic heterocycles. The maximum Gasteiger partial charge on any atom is 0.225 e. The Morgan fingerprint density at radius 3 is 2.62 bits per heavy atom. The van der Waals surface area contributed by atoms with Gasteiger partial charge in [-0.05, 0) is 24.1 Å². The zero-order chi connectivity index (χ0) is 16.8.